The maximum atomic E-state index is 13.7. The molecule has 2 aliphatic rings. The first-order valence-corrected chi connectivity index (χ1v) is 18.5. The van der Waals surface area contributed by atoms with Crippen LogP contribution >= 0.6 is 35.6 Å². The normalized spacial score (nSPS) is 18.0. The first-order valence-electron chi connectivity index (χ1n) is 14.0. The third-order valence-electron chi connectivity index (χ3n) is 8.19. The third kappa shape index (κ3) is 9.55. The molecule has 0 spiro atoms. The number of hydrogen-bond acceptors (Lipinski definition) is 6. The minimum atomic E-state index is -3.26. The maximum absolute atomic E-state index is 13.7. The molecule has 2 saturated heterocycles. The monoisotopic (exact) mass is 679 g/mol. The minimum absolute atomic E-state index is 0. The van der Waals surface area contributed by atoms with Crippen LogP contribution in [0.5, 0.6) is 0 Å². The number of nitrogens with zero attached hydrogens (tertiary/aromatic N) is 3. The van der Waals surface area contributed by atoms with Crippen molar-refractivity contribution < 1.29 is 21.6 Å². The van der Waals surface area contributed by atoms with Crippen LogP contribution in [0.2, 0.25) is 10.0 Å². The van der Waals surface area contributed by atoms with Crippen molar-refractivity contribution in [1.29, 1.82) is 0 Å². The number of halogens is 3. The third-order valence-corrected chi connectivity index (χ3v) is 11.4. The standard InChI is InChI=1S/C29H39Cl2N3O5S2.ClH/c1-40(36,37)26-7-4-22(5-8-26)20-23-10-16-32(17-11-23)14-3-15-34(25-6-9-27(30)28(31)21-25)29(35)24-12-18-33(19-13-24)41(2,38)39;/h4-9,21,23-24H,3,10-20H2,1-2H3;1H. The minimum Gasteiger partial charge on any atom is -0.312 e. The summed E-state index contributed by atoms with van der Waals surface area (Å²) in [6.07, 6.45) is 7.30. The Morgan fingerprint density at radius 2 is 1.50 bits per heavy atom. The van der Waals surface area contributed by atoms with Gasteiger partial charge >= 0.3 is 0 Å². The zero-order chi connectivity index (χ0) is 29.8. The average molecular weight is 681 g/mol. The molecule has 0 atom stereocenters. The second-order valence-electron chi connectivity index (χ2n) is 11.3. The highest BCUT2D eigenvalue weighted by molar-refractivity contribution is 7.90. The van der Waals surface area contributed by atoms with Crippen LogP contribution in [-0.4, -0.2) is 83.7 Å². The Morgan fingerprint density at radius 3 is 2.05 bits per heavy atom. The lowest BCUT2D eigenvalue weighted by Gasteiger charge is -2.35. The van der Waals surface area contributed by atoms with E-state index < -0.39 is 19.9 Å². The number of sulfonamides is 1. The highest BCUT2D eigenvalue weighted by Crippen LogP contribution is 2.30. The van der Waals surface area contributed by atoms with E-state index in [1.54, 1.807) is 29.2 Å². The summed E-state index contributed by atoms with van der Waals surface area (Å²) in [4.78, 5) is 18.2. The van der Waals surface area contributed by atoms with E-state index in [9.17, 15) is 21.6 Å². The number of likely N-dealkylation sites (tertiary alicyclic amines) is 1. The molecular weight excluding hydrogens is 641 g/mol. The van der Waals surface area contributed by atoms with Gasteiger partial charge in [-0.1, -0.05) is 35.3 Å². The van der Waals surface area contributed by atoms with Crippen molar-refractivity contribution in [3.63, 3.8) is 0 Å². The van der Waals surface area contributed by atoms with E-state index >= 15 is 0 Å². The van der Waals surface area contributed by atoms with Gasteiger partial charge in [0.05, 0.1) is 21.2 Å². The number of anilines is 1. The Kier molecular flexibility index (Phi) is 12.6. The Morgan fingerprint density at radius 1 is 0.881 bits per heavy atom. The lowest BCUT2D eigenvalue weighted by atomic mass is 9.90. The quantitative estimate of drug-likeness (QED) is 0.344. The zero-order valence-electron chi connectivity index (χ0n) is 24.0. The number of rotatable bonds is 10. The summed E-state index contributed by atoms with van der Waals surface area (Å²) in [5.74, 6) is 0.309. The number of carbonyl (C=O) groups excluding carboxylic acids is 1. The molecule has 0 unspecified atom stereocenters. The van der Waals surface area contributed by atoms with Crippen LogP contribution in [0.15, 0.2) is 47.4 Å². The van der Waals surface area contributed by atoms with Crippen molar-refractivity contribution in [1.82, 2.24) is 9.21 Å². The van der Waals surface area contributed by atoms with Crippen molar-refractivity contribution in [2.24, 2.45) is 11.8 Å². The molecular formula is C29H40Cl3N3O5S2. The van der Waals surface area contributed by atoms with Gasteiger partial charge in [0.2, 0.25) is 15.9 Å². The molecule has 0 saturated carbocycles. The van der Waals surface area contributed by atoms with Gasteiger partial charge in [-0.25, -0.2) is 21.1 Å². The highest BCUT2D eigenvalue weighted by Gasteiger charge is 2.32. The first kappa shape index (κ1) is 35.1. The molecule has 1 amide bonds. The molecule has 2 aromatic carbocycles. The molecule has 42 heavy (non-hydrogen) atoms. The first-order chi connectivity index (χ1) is 19.3. The van der Waals surface area contributed by atoms with Crippen molar-refractivity contribution in [3.8, 4) is 0 Å². The van der Waals surface area contributed by atoms with Crippen molar-refractivity contribution in [2.75, 3.05) is 56.7 Å². The predicted octanol–water partition coefficient (Wildman–Crippen LogP) is 5.17. The van der Waals surface area contributed by atoms with Crippen LogP contribution in [0.1, 0.15) is 37.7 Å². The summed E-state index contributed by atoms with van der Waals surface area (Å²) in [5, 5.41) is 0.820. The fraction of sp³-hybridized carbons (Fsp3) is 0.552. The molecule has 2 aromatic rings. The Bertz CT molecular complexity index is 1420. The molecule has 8 nitrogen and oxygen atoms in total. The van der Waals surface area contributed by atoms with E-state index in [4.69, 9.17) is 23.2 Å². The lowest BCUT2D eigenvalue weighted by molar-refractivity contribution is -0.123. The fourth-order valence-electron chi connectivity index (χ4n) is 5.75. The molecule has 0 radical (unpaired) electrons. The Hall–Kier alpha value is -1.40. The van der Waals surface area contributed by atoms with Gasteiger partial charge in [-0.05, 0) is 100.0 Å². The average Bonchev–Trinajstić information content (AvgIpc) is 2.93. The Labute approximate surface area is 266 Å². The van der Waals surface area contributed by atoms with Gasteiger partial charge in [0.1, 0.15) is 0 Å². The van der Waals surface area contributed by atoms with E-state index in [1.807, 2.05) is 18.2 Å². The van der Waals surface area contributed by atoms with Crippen molar-refractivity contribution in [3.05, 3.63) is 58.1 Å². The van der Waals surface area contributed by atoms with Crippen LogP contribution in [0.3, 0.4) is 0 Å². The van der Waals surface area contributed by atoms with E-state index in [2.05, 4.69) is 4.90 Å². The molecule has 0 aromatic heterocycles. The van der Waals surface area contributed by atoms with E-state index in [1.165, 1.54) is 16.8 Å². The van der Waals surface area contributed by atoms with Gasteiger partial charge in [-0.2, -0.15) is 0 Å². The van der Waals surface area contributed by atoms with Gasteiger partial charge in [-0.15, -0.1) is 12.4 Å². The van der Waals surface area contributed by atoms with Crippen LogP contribution in [0.25, 0.3) is 0 Å². The SMILES string of the molecule is CS(=O)(=O)c1ccc(CC2CCN(CCCN(C(=O)C3CCN(S(C)(=O)=O)CC3)c3ccc(Cl)c(Cl)c3)CC2)cc1.Cl. The number of amides is 1. The van der Waals surface area contributed by atoms with E-state index in [-0.39, 0.29) is 24.2 Å². The lowest BCUT2D eigenvalue weighted by Crippen LogP contribution is -2.45. The second-order valence-corrected chi connectivity index (χ2v) is 16.1. The highest BCUT2D eigenvalue weighted by atomic mass is 35.5. The molecule has 4 rings (SSSR count). The number of piperidine rings is 2. The van der Waals surface area contributed by atoms with E-state index in [0.717, 1.165) is 50.9 Å². The van der Waals surface area contributed by atoms with Gasteiger partial charge in [0.25, 0.3) is 0 Å². The molecule has 0 N–H and O–H groups in total. The van der Waals surface area contributed by atoms with Crippen molar-refractivity contribution in [2.45, 2.75) is 43.4 Å². The van der Waals surface area contributed by atoms with Crippen molar-refractivity contribution >= 4 is 67.1 Å². The molecule has 0 bridgehead atoms. The number of sulfone groups is 1. The van der Waals surface area contributed by atoms with Gasteiger partial charge in [0, 0.05) is 37.5 Å². The summed E-state index contributed by atoms with van der Waals surface area (Å²) in [6, 6.07) is 12.5. The van der Waals surface area contributed by atoms with Crippen LogP contribution < -0.4 is 4.90 Å². The largest absolute Gasteiger partial charge is 0.312 e. The molecule has 2 fully saturated rings. The van der Waals surface area contributed by atoms with Crippen LogP contribution in [0.4, 0.5) is 5.69 Å². The van der Waals surface area contributed by atoms with Gasteiger partial charge in [-0.3, -0.25) is 4.79 Å². The number of carbonyl (C=O) groups is 1. The fourth-order valence-corrected chi connectivity index (χ4v) is 7.54. The molecule has 234 valence electrons. The zero-order valence-corrected chi connectivity index (χ0v) is 28.0. The molecule has 0 aliphatic carbocycles. The maximum Gasteiger partial charge on any atom is 0.230 e. The molecule has 2 aliphatic heterocycles. The summed E-state index contributed by atoms with van der Waals surface area (Å²) in [5.41, 5.74) is 1.87. The summed E-state index contributed by atoms with van der Waals surface area (Å²) in [7, 11) is -6.45. The van der Waals surface area contributed by atoms with Crippen LogP contribution in [-0.2, 0) is 31.1 Å². The van der Waals surface area contributed by atoms with Gasteiger partial charge in [0.15, 0.2) is 9.84 Å². The van der Waals surface area contributed by atoms with Crippen LogP contribution in [0, 0.1) is 11.8 Å². The summed E-state index contributed by atoms with van der Waals surface area (Å²) in [6.45, 7) is 4.07. The number of hydrogen-bond donors (Lipinski definition) is 0. The van der Waals surface area contributed by atoms with Gasteiger partial charge < -0.3 is 9.80 Å². The second kappa shape index (κ2) is 15.1. The topological polar surface area (TPSA) is 95.1 Å². The smallest absolute Gasteiger partial charge is 0.230 e. The van der Waals surface area contributed by atoms with E-state index in [0.29, 0.717) is 59.0 Å². The summed E-state index contributed by atoms with van der Waals surface area (Å²) >= 11 is 12.4. The number of benzene rings is 2. The predicted molar refractivity (Wildman–Crippen MR) is 172 cm³/mol. The Balaban J connectivity index is 0.00000484. The molecule has 13 heteroatoms. The summed E-state index contributed by atoms with van der Waals surface area (Å²) < 4.78 is 48.7. The molecule has 2 heterocycles.